The highest BCUT2D eigenvalue weighted by Crippen LogP contribution is 2.16. The van der Waals surface area contributed by atoms with Crippen molar-refractivity contribution >= 4 is 11.9 Å². The van der Waals surface area contributed by atoms with Crippen molar-refractivity contribution in [3.63, 3.8) is 0 Å². The summed E-state index contributed by atoms with van der Waals surface area (Å²) in [7, 11) is 0. The van der Waals surface area contributed by atoms with Crippen LogP contribution in [-0.4, -0.2) is 28.6 Å². The number of carboxylic acid groups (broad SMARTS) is 1. The maximum absolute atomic E-state index is 12.1. The van der Waals surface area contributed by atoms with Crippen LogP contribution in [0, 0.1) is 0 Å². The summed E-state index contributed by atoms with van der Waals surface area (Å²) < 4.78 is 5.53. The van der Waals surface area contributed by atoms with Crippen molar-refractivity contribution in [2.45, 2.75) is 45.8 Å². The highest BCUT2D eigenvalue weighted by atomic mass is 16.5. The minimum absolute atomic E-state index is 0.0248. The first-order valence-electron chi connectivity index (χ1n) is 6.50. The van der Waals surface area contributed by atoms with Crippen LogP contribution in [0.5, 0.6) is 5.75 Å². The minimum atomic E-state index is -0.952. The quantitative estimate of drug-likeness (QED) is 0.838. The Bertz CT molecular complexity index is 494. The summed E-state index contributed by atoms with van der Waals surface area (Å²) in [4.78, 5) is 22.9. The first-order valence-corrected chi connectivity index (χ1v) is 6.50. The number of hydrogen-bond donors (Lipinski definition) is 2. The van der Waals surface area contributed by atoms with Crippen molar-refractivity contribution in [1.29, 1.82) is 0 Å². The zero-order valence-electron chi connectivity index (χ0n) is 12.3. The van der Waals surface area contributed by atoms with Crippen LogP contribution < -0.4 is 10.1 Å². The minimum Gasteiger partial charge on any atom is -0.491 e. The Morgan fingerprint density at radius 1 is 1.35 bits per heavy atom. The van der Waals surface area contributed by atoms with Gasteiger partial charge in [0.05, 0.1) is 12.5 Å². The third kappa shape index (κ3) is 5.30. The smallest absolute Gasteiger partial charge is 0.305 e. The molecule has 1 aromatic rings. The van der Waals surface area contributed by atoms with Crippen molar-refractivity contribution in [2.24, 2.45) is 0 Å². The molecule has 0 unspecified atom stereocenters. The lowest BCUT2D eigenvalue weighted by Gasteiger charge is -2.24. The van der Waals surface area contributed by atoms with E-state index >= 15 is 0 Å². The second-order valence-corrected chi connectivity index (χ2v) is 5.60. The zero-order chi connectivity index (χ0) is 15.3. The fraction of sp³-hybridized carbons (Fsp3) is 0.467. The van der Waals surface area contributed by atoms with E-state index in [1.54, 1.807) is 38.1 Å². The van der Waals surface area contributed by atoms with Crippen molar-refractivity contribution in [1.82, 2.24) is 5.32 Å². The fourth-order valence-corrected chi connectivity index (χ4v) is 1.78. The van der Waals surface area contributed by atoms with Gasteiger partial charge in [0.1, 0.15) is 5.75 Å². The number of amides is 1. The molecule has 0 saturated heterocycles. The number of carbonyl (C=O) groups excluding carboxylic acids is 1. The van der Waals surface area contributed by atoms with Gasteiger partial charge in [-0.05, 0) is 45.9 Å². The highest BCUT2D eigenvalue weighted by Gasteiger charge is 2.24. The number of rotatable bonds is 6. The number of ether oxygens (including phenoxy) is 1. The van der Waals surface area contributed by atoms with Crippen LogP contribution in [0.4, 0.5) is 0 Å². The van der Waals surface area contributed by atoms with Crippen LogP contribution in [-0.2, 0) is 4.79 Å². The van der Waals surface area contributed by atoms with E-state index in [0.29, 0.717) is 11.3 Å². The lowest BCUT2D eigenvalue weighted by molar-refractivity contribution is -0.138. The summed E-state index contributed by atoms with van der Waals surface area (Å²) in [6.45, 7) is 7.16. The van der Waals surface area contributed by atoms with Gasteiger partial charge in [-0.15, -0.1) is 0 Å². The van der Waals surface area contributed by atoms with Crippen molar-refractivity contribution in [2.75, 3.05) is 0 Å². The van der Waals surface area contributed by atoms with Gasteiger partial charge < -0.3 is 15.2 Å². The molecular formula is C15H21NO4. The number of carboxylic acids is 1. The molecule has 0 bridgehead atoms. The van der Waals surface area contributed by atoms with Gasteiger partial charge in [0.2, 0.25) is 0 Å². The molecule has 0 aliphatic carbocycles. The predicted octanol–water partition coefficient (Wildman–Crippen LogP) is 2.46. The van der Waals surface area contributed by atoms with Crippen LogP contribution in [0.2, 0.25) is 0 Å². The number of carbonyl (C=O) groups is 2. The van der Waals surface area contributed by atoms with Crippen molar-refractivity contribution in [3.8, 4) is 5.75 Å². The third-order valence-electron chi connectivity index (χ3n) is 2.51. The van der Waals surface area contributed by atoms with E-state index in [1.807, 2.05) is 13.8 Å². The second-order valence-electron chi connectivity index (χ2n) is 5.60. The maximum atomic E-state index is 12.1. The summed E-state index contributed by atoms with van der Waals surface area (Å²) in [5.41, 5.74) is -0.362. The van der Waals surface area contributed by atoms with Gasteiger partial charge in [-0.3, -0.25) is 9.59 Å². The van der Waals surface area contributed by atoms with Gasteiger partial charge in [0, 0.05) is 11.1 Å². The zero-order valence-corrected chi connectivity index (χ0v) is 12.3. The lowest BCUT2D eigenvalue weighted by Crippen LogP contribution is -2.44. The van der Waals surface area contributed by atoms with Crippen LogP contribution in [0.3, 0.4) is 0 Å². The maximum Gasteiger partial charge on any atom is 0.305 e. The van der Waals surface area contributed by atoms with Crippen LogP contribution in [0.25, 0.3) is 0 Å². The molecule has 0 aliphatic rings. The molecule has 1 aromatic carbocycles. The largest absolute Gasteiger partial charge is 0.491 e. The SMILES string of the molecule is CC(C)Oc1cccc(C(=O)NC(C)(C)CC(=O)O)c1. The lowest BCUT2D eigenvalue weighted by atomic mass is 10.00. The summed E-state index contributed by atoms with van der Waals surface area (Å²) in [6, 6.07) is 6.82. The molecule has 0 aliphatic heterocycles. The summed E-state index contributed by atoms with van der Waals surface area (Å²) >= 11 is 0. The molecule has 1 rings (SSSR count). The van der Waals surface area contributed by atoms with Gasteiger partial charge in [-0.25, -0.2) is 0 Å². The van der Waals surface area contributed by atoms with E-state index < -0.39 is 11.5 Å². The average Bonchev–Trinajstić information content (AvgIpc) is 2.25. The van der Waals surface area contributed by atoms with E-state index in [4.69, 9.17) is 9.84 Å². The van der Waals surface area contributed by atoms with Gasteiger partial charge in [0.25, 0.3) is 5.91 Å². The Labute approximate surface area is 118 Å². The monoisotopic (exact) mass is 279 g/mol. The summed E-state index contributed by atoms with van der Waals surface area (Å²) in [5, 5.41) is 11.5. The molecule has 0 spiro atoms. The van der Waals surface area contributed by atoms with Crippen LogP contribution in [0.15, 0.2) is 24.3 Å². The van der Waals surface area contributed by atoms with Crippen molar-refractivity contribution in [3.05, 3.63) is 29.8 Å². The molecule has 0 atom stereocenters. The normalized spacial score (nSPS) is 11.2. The molecule has 5 heteroatoms. The molecule has 0 heterocycles. The summed E-state index contributed by atoms with van der Waals surface area (Å²) in [5.74, 6) is -0.652. The molecule has 20 heavy (non-hydrogen) atoms. The number of aliphatic carboxylic acids is 1. The number of nitrogens with one attached hydrogen (secondary N) is 1. The predicted molar refractivity (Wildman–Crippen MR) is 76.0 cm³/mol. The molecule has 2 N–H and O–H groups in total. The molecule has 0 saturated carbocycles. The van der Waals surface area contributed by atoms with Gasteiger partial charge >= 0.3 is 5.97 Å². The molecule has 5 nitrogen and oxygen atoms in total. The van der Waals surface area contributed by atoms with E-state index in [9.17, 15) is 9.59 Å². The Morgan fingerprint density at radius 2 is 2.00 bits per heavy atom. The third-order valence-corrected chi connectivity index (χ3v) is 2.51. The molecule has 110 valence electrons. The number of benzene rings is 1. The molecule has 0 aromatic heterocycles. The molecule has 0 radical (unpaired) electrons. The number of hydrogen-bond acceptors (Lipinski definition) is 3. The molecular weight excluding hydrogens is 258 g/mol. The van der Waals surface area contributed by atoms with E-state index in [2.05, 4.69) is 5.32 Å². The first-order chi connectivity index (χ1) is 9.19. The van der Waals surface area contributed by atoms with E-state index in [1.165, 1.54) is 0 Å². The fourth-order valence-electron chi connectivity index (χ4n) is 1.78. The standard InChI is InChI=1S/C15H21NO4/c1-10(2)20-12-7-5-6-11(8-12)14(19)16-15(3,4)9-13(17)18/h5-8,10H,9H2,1-4H3,(H,16,19)(H,17,18). The van der Waals surface area contributed by atoms with Crippen LogP contribution >= 0.6 is 0 Å². The first kappa shape index (κ1) is 16.0. The van der Waals surface area contributed by atoms with Crippen LogP contribution in [0.1, 0.15) is 44.5 Å². The highest BCUT2D eigenvalue weighted by molar-refractivity contribution is 5.95. The van der Waals surface area contributed by atoms with E-state index in [0.717, 1.165) is 0 Å². The average molecular weight is 279 g/mol. The topological polar surface area (TPSA) is 75.6 Å². The Morgan fingerprint density at radius 3 is 2.55 bits per heavy atom. The Kier molecular flexibility index (Phi) is 5.13. The molecule has 1 amide bonds. The van der Waals surface area contributed by atoms with Gasteiger partial charge in [-0.2, -0.15) is 0 Å². The van der Waals surface area contributed by atoms with E-state index in [-0.39, 0.29) is 18.4 Å². The molecule has 0 fully saturated rings. The van der Waals surface area contributed by atoms with Crippen molar-refractivity contribution < 1.29 is 19.4 Å². The Hall–Kier alpha value is -2.04. The van der Waals surface area contributed by atoms with Gasteiger partial charge in [0.15, 0.2) is 0 Å². The second kappa shape index (κ2) is 6.41. The summed E-state index contributed by atoms with van der Waals surface area (Å²) in [6.07, 6.45) is -0.113. The Balaban J connectivity index is 2.79. The van der Waals surface area contributed by atoms with Gasteiger partial charge in [-0.1, -0.05) is 6.07 Å².